The van der Waals surface area contributed by atoms with E-state index in [2.05, 4.69) is 10.2 Å². The summed E-state index contributed by atoms with van der Waals surface area (Å²) in [4.78, 5) is 0. The molecule has 0 fully saturated rings. The fourth-order valence-corrected chi connectivity index (χ4v) is 3.09. The summed E-state index contributed by atoms with van der Waals surface area (Å²) in [6, 6.07) is 11.7. The van der Waals surface area contributed by atoms with Gasteiger partial charge in [0.05, 0.1) is 14.2 Å². The highest BCUT2D eigenvalue weighted by molar-refractivity contribution is 7.98. The minimum Gasteiger partial charge on any atom is -0.493 e. The summed E-state index contributed by atoms with van der Waals surface area (Å²) in [6.45, 7) is 0. The van der Waals surface area contributed by atoms with Crippen molar-refractivity contribution in [2.45, 2.75) is 10.9 Å². The summed E-state index contributed by atoms with van der Waals surface area (Å²) >= 11 is 1.43. The van der Waals surface area contributed by atoms with Crippen molar-refractivity contribution in [1.29, 1.82) is 0 Å². The van der Waals surface area contributed by atoms with Gasteiger partial charge in [0.15, 0.2) is 17.3 Å². The molecule has 3 aromatic rings. The second-order valence-electron chi connectivity index (χ2n) is 5.16. The first-order valence-corrected chi connectivity index (χ1v) is 8.41. The summed E-state index contributed by atoms with van der Waals surface area (Å²) in [5.74, 6) is 8.21. The van der Waals surface area contributed by atoms with E-state index in [0.717, 1.165) is 11.1 Å². The molecule has 0 unspecified atom stereocenters. The average Bonchev–Trinajstić information content (AvgIpc) is 3.01. The zero-order valence-corrected chi connectivity index (χ0v) is 14.6. The highest BCUT2D eigenvalue weighted by atomic mass is 32.2. The van der Waals surface area contributed by atoms with Crippen LogP contribution in [0.5, 0.6) is 11.5 Å². The Balaban J connectivity index is 1.80. The Hall–Kier alpha value is -2.74. The lowest BCUT2D eigenvalue weighted by molar-refractivity contribution is 0.355. The number of hydrogen-bond acceptors (Lipinski definition) is 6. The molecular weight excluding hydrogens is 343 g/mol. The summed E-state index contributed by atoms with van der Waals surface area (Å²) in [5, 5.41) is 8.85. The van der Waals surface area contributed by atoms with Crippen LogP contribution in [0.2, 0.25) is 0 Å². The van der Waals surface area contributed by atoms with Gasteiger partial charge in [-0.15, -0.1) is 10.2 Å². The van der Waals surface area contributed by atoms with E-state index >= 15 is 0 Å². The van der Waals surface area contributed by atoms with Crippen LogP contribution in [0, 0.1) is 5.82 Å². The summed E-state index contributed by atoms with van der Waals surface area (Å²) in [7, 11) is 3.14. The van der Waals surface area contributed by atoms with Crippen LogP contribution >= 0.6 is 11.8 Å². The molecule has 3 rings (SSSR count). The van der Waals surface area contributed by atoms with Gasteiger partial charge >= 0.3 is 0 Å². The van der Waals surface area contributed by atoms with Crippen LogP contribution in [-0.4, -0.2) is 29.1 Å². The summed E-state index contributed by atoms with van der Waals surface area (Å²) in [6.07, 6.45) is 0. The molecule has 1 aromatic heterocycles. The first kappa shape index (κ1) is 17.1. The number of nitrogens with zero attached hydrogens (tertiary/aromatic N) is 3. The molecule has 0 bridgehead atoms. The van der Waals surface area contributed by atoms with Crippen LogP contribution in [0.3, 0.4) is 0 Å². The molecule has 130 valence electrons. The number of ether oxygens (including phenoxy) is 2. The van der Waals surface area contributed by atoms with Gasteiger partial charge in [-0.1, -0.05) is 23.9 Å². The van der Waals surface area contributed by atoms with Gasteiger partial charge in [0.25, 0.3) is 0 Å². The van der Waals surface area contributed by atoms with Gasteiger partial charge in [-0.2, -0.15) is 0 Å². The molecule has 0 saturated carbocycles. The Morgan fingerprint density at radius 1 is 1.04 bits per heavy atom. The van der Waals surface area contributed by atoms with Crippen LogP contribution < -0.4 is 15.3 Å². The molecule has 2 aromatic carbocycles. The molecule has 25 heavy (non-hydrogen) atoms. The smallest absolute Gasteiger partial charge is 0.210 e. The van der Waals surface area contributed by atoms with Crippen molar-refractivity contribution in [2.75, 3.05) is 20.1 Å². The lowest BCUT2D eigenvalue weighted by Crippen LogP contribution is -2.11. The van der Waals surface area contributed by atoms with Gasteiger partial charge in [0.2, 0.25) is 5.16 Å². The number of benzene rings is 2. The predicted octanol–water partition coefficient (Wildman–Crippen LogP) is 3.11. The van der Waals surface area contributed by atoms with Crippen molar-refractivity contribution in [3.63, 3.8) is 0 Å². The molecule has 0 spiro atoms. The molecule has 0 saturated heterocycles. The molecule has 0 atom stereocenters. The normalized spacial score (nSPS) is 10.7. The SMILES string of the molecule is COc1ccc(-c2nnc(SCc3ccc(F)cc3)n2N)cc1OC. The van der Waals surface area contributed by atoms with E-state index in [4.69, 9.17) is 15.3 Å². The van der Waals surface area contributed by atoms with Crippen molar-refractivity contribution < 1.29 is 13.9 Å². The van der Waals surface area contributed by atoms with Crippen molar-refractivity contribution in [3.8, 4) is 22.9 Å². The Labute approximate surface area is 148 Å². The van der Waals surface area contributed by atoms with Gasteiger partial charge in [-0.3, -0.25) is 0 Å². The van der Waals surface area contributed by atoms with Gasteiger partial charge in [-0.25, -0.2) is 9.07 Å². The predicted molar refractivity (Wildman–Crippen MR) is 94.7 cm³/mol. The first-order chi connectivity index (χ1) is 12.1. The number of rotatable bonds is 6. The molecule has 6 nitrogen and oxygen atoms in total. The largest absolute Gasteiger partial charge is 0.493 e. The lowest BCUT2D eigenvalue weighted by atomic mass is 10.2. The van der Waals surface area contributed by atoms with Crippen LogP contribution in [0.15, 0.2) is 47.6 Å². The van der Waals surface area contributed by atoms with Crippen molar-refractivity contribution >= 4 is 11.8 Å². The highest BCUT2D eigenvalue weighted by Gasteiger charge is 2.14. The minimum atomic E-state index is -0.258. The molecule has 0 aliphatic heterocycles. The van der Waals surface area contributed by atoms with Gasteiger partial charge in [0, 0.05) is 11.3 Å². The third kappa shape index (κ3) is 3.69. The second kappa shape index (κ2) is 7.43. The Bertz CT molecular complexity index is 868. The van der Waals surface area contributed by atoms with E-state index in [9.17, 15) is 4.39 Å². The zero-order chi connectivity index (χ0) is 17.8. The third-order valence-corrected chi connectivity index (χ3v) is 4.60. The molecule has 8 heteroatoms. The molecule has 0 amide bonds. The van der Waals surface area contributed by atoms with E-state index in [-0.39, 0.29) is 5.82 Å². The summed E-state index contributed by atoms with van der Waals surface area (Å²) < 4.78 is 24.9. The highest BCUT2D eigenvalue weighted by Crippen LogP contribution is 2.32. The van der Waals surface area contributed by atoms with E-state index in [1.54, 1.807) is 38.5 Å². The zero-order valence-electron chi connectivity index (χ0n) is 13.8. The fraction of sp³-hybridized carbons (Fsp3) is 0.176. The van der Waals surface area contributed by atoms with Crippen molar-refractivity contribution in [2.24, 2.45) is 0 Å². The number of thioether (sulfide) groups is 1. The van der Waals surface area contributed by atoms with Crippen LogP contribution in [0.1, 0.15) is 5.56 Å². The maximum Gasteiger partial charge on any atom is 0.210 e. The number of methoxy groups -OCH3 is 2. The van der Waals surface area contributed by atoms with Gasteiger partial charge in [-0.05, 0) is 35.9 Å². The average molecular weight is 360 g/mol. The summed E-state index contributed by atoms with van der Waals surface area (Å²) in [5.41, 5.74) is 1.74. The van der Waals surface area contributed by atoms with E-state index < -0.39 is 0 Å². The van der Waals surface area contributed by atoms with Crippen molar-refractivity contribution in [1.82, 2.24) is 14.9 Å². The van der Waals surface area contributed by atoms with Crippen molar-refractivity contribution in [3.05, 3.63) is 53.8 Å². The molecule has 0 radical (unpaired) electrons. The maximum absolute atomic E-state index is 12.9. The number of hydrogen-bond donors (Lipinski definition) is 1. The monoisotopic (exact) mass is 360 g/mol. The first-order valence-electron chi connectivity index (χ1n) is 7.42. The van der Waals surface area contributed by atoms with E-state index in [1.807, 2.05) is 6.07 Å². The standard InChI is InChI=1S/C17H17FN4O2S/c1-23-14-8-5-12(9-15(14)24-2)16-20-21-17(22(16)19)25-10-11-3-6-13(18)7-4-11/h3-9H,10,19H2,1-2H3. The van der Waals surface area contributed by atoms with Crippen LogP contribution in [0.4, 0.5) is 4.39 Å². The topological polar surface area (TPSA) is 75.2 Å². The molecule has 1 heterocycles. The lowest BCUT2D eigenvalue weighted by Gasteiger charge is -2.09. The van der Waals surface area contributed by atoms with E-state index in [1.165, 1.54) is 28.6 Å². The van der Waals surface area contributed by atoms with Gasteiger partial charge < -0.3 is 15.3 Å². The minimum absolute atomic E-state index is 0.258. The van der Waals surface area contributed by atoms with Crippen LogP contribution in [-0.2, 0) is 5.75 Å². The molecular formula is C17H17FN4O2S. The number of nitrogens with two attached hydrogens (primary N) is 1. The Morgan fingerprint density at radius 3 is 2.44 bits per heavy atom. The van der Waals surface area contributed by atoms with Gasteiger partial charge in [0.1, 0.15) is 5.82 Å². The molecule has 0 aliphatic carbocycles. The fourth-order valence-electron chi connectivity index (χ4n) is 2.28. The number of aromatic nitrogens is 3. The molecule has 2 N–H and O–H groups in total. The number of halogens is 1. The Kier molecular flexibility index (Phi) is 5.08. The quantitative estimate of drug-likeness (QED) is 0.538. The van der Waals surface area contributed by atoms with E-state index in [0.29, 0.717) is 28.2 Å². The molecule has 0 aliphatic rings. The number of nitrogen functional groups attached to an aromatic ring is 1. The van der Waals surface area contributed by atoms with Crippen LogP contribution in [0.25, 0.3) is 11.4 Å². The maximum atomic E-state index is 12.9. The Morgan fingerprint density at radius 2 is 1.76 bits per heavy atom. The second-order valence-corrected chi connectivity index (χ2v) is 6.10. The third-order valence-electron chi connectivity index (χ3n) is 3.59.